The summed E-state index contributed by atoms with van der Waals surface area (Å²) in [5.74, 6) is -4.70. The van der Waals surface area contributed by atoms with E-state index in [4.69, 9.17) is 26.2 Å². The highest BCUT2D eigenvalue weighted by Crippen LogP contribution is 2.28. The molecule has 0 saturated heterocycles. The van der Waals surface area contributed by atoms with Crippen LogP contribution in [0.3, 0.4) is 0 Å². The maximum absolute atomic E-state index is 10.6. The van der Waals surface area contributed by atoms with E-state index in [1.165, 1.54) is 6.92 Å². The Morgan fingerprint density at radius 3 is 1.48 bits per heavy atom. The van der Waals surface area contributed by atoms with Crippen LogP contribution in [0.2, 0.25) is 0 Å². The summed E-state index contributed by atoms with van der Waals surface area (Å²) in [6.07, 6.45) is 0.0910. The Hall–Kier alpha value is -2.34. The van der Waals surface area contributed by atoms with Crippen LogP contribution in [0.1, 0.15) is 68.2 Å². The Bertz CT molecular complexity index is 655. The van der Waals surface area contributed by atoms with Crippen LogP contribution in [0.4, 0.5) is 0 Å². The predicted molar refractivity (Wildman–Crippen MR) is 126 cm³/mol. The molecule has 3 unspecified atom stereocenters. The van der Waals surface area contributed by atoms with Crippen molar-refractivity contribution in [1.29, 1.82) is 0 Å². The number of carbonyl (C=O) groups is 5. The quantitative estimate of drug-likeness (QED) is 0.273. The van der Waals surface area contributed by atoms with Crippen LogP contribution < -0.4 is 11.1 Å². The zero-order chi connectivity index (χ0) is 27.2. The molecule has 0 radical (unpaired) electrons. The number of rotatable bonds is 9. The van der Waals surface area contributed by atoms with E-state index in [0.717, 1.165) is 0 Å². The molecule has 0 spiro atoms. The summed E-state index contributed by atoms with van der Waals surface area (Å²) in [6.45, 7) is 14.3. The molecule has 194 valence electrons. The highest BCUT2D eigenvalue weighted by Gasteiger charge is 2.32. The normalized spacial score (nSPS) is 13.6. The van der Waals surface area contributed by atoms with Gasteiger partial charge in [-0.1, -0.05) is 48.5 Å². The van der Waals surface area contributed by atoms with Crippen LogP contribution in [0.5, 0.6) is 0 Å². The van der Waals surface area contributed by atoms with Crippen LogP contribution in [0.15, 0.2) is 0 Å². The Morgan fingerprint density at radius 1 is 0.879 bits per heavy atom. The van der Waals surface area contributed by atoms with Gasteiger partial charge in [-0.25, -0.2) is 4.79 Å². The number of carboxylic acids is 4. The Balaban J connectivity index is -0.000000411. The van der Waals surface area contributed by atoms with Crippen LogP contribution in [0.25, 0.3) is 0 Å². The summed E-state index contributed by atoms with van der Waals surface area (Å²) in [5, 5.41) is 36.3. The molecule has 0 saturated carbocycles. The molecule has 0 rings (SSSR count). The van der Waals surface area contributed by atoms with Gasteiger partial charge in [-0.2, -0.15) is 11.8 Å². The van der Waals surface area contributed by atoms with Crippen LogP contribution >= 0.6 is 11.8 Å². The minimum Gasteiger partial charge on any atom is -0.481 e. The average molecular weight is 497 g/mol. The van der Waals surface area contributed by atoms with Crippen molar-refractivity contribution in [3.05, 3.63) is 0 Å². The smallest absolute Gasteiger partial charge is 0.326 e. The van der Waals surface area contributed by atoms with E-state index < -0.39 is 47.3 Å². The molecule has 0 aliphatic heterocycles. The van der Waals surface area contributed by atoms with Gasteiger partial charge in [0.25, 0.3) is 0 Å². The molecule has 0 aliphatic rings. The van der Waals surface area contributed by atoms with Gasteiger partial charge in [0.1, 0.15) is 12.1 Å². The van der Waals surface area contributed by atoms with Crippen LogP contribution in [-0.2, 0) is 24.0 Å². The molecule has 0 aromatic carbocycles. The van der Waals surface area contributed by atoms with E-state index in [1.54, 1.807) is 39.5 Å². The third-order valence-electron chi connectivity index (χ3n) is 3.82. The Morgan fingerprint density at radius 2 is 1.33 bits per heavy atom. The van der Waals surface area contributed by atoms with Gasteiger partial charge in [0.05, 0.1) is 12.3 Å². The van der Waals surface area contributed by atoms with Crippen LogP contribution in [-0.4, -0.2) is 72.8 Å². The third kappa shape index (κ3) is 22.6. The summed E-state index contributed by atoms with van der Waals surface area (Å²) in [6, 6.07) is -1.48. The highest BCUT2D eigenvalue weighted by atomic mass is 32.2. The maximum Gasteiger partial charge on any atom is 0.326 e. The lowest BCUT2D eigenvalue weighted by molar-refractivity contribution is -0.152. The third-order valence-corrected chi connectivity index (χ3v) is 5.21. The van der Waals surface area contributed by atoms with E-state index in [0.29, 0.717) is 12.2 Å². The molecule has 33 heavy (non-hydrogen) atoms. The summed E-state index contributed by atoms with van der Waals surface area (Å²) in [5.41, 5.74) is 4.79. The molecule has 0 aromatic rings. The van der Waals surface area contributed by atoms with Crippen molar-refractivity contribution in [3.8, 4) is 0 Å². The predicted octanol–water partition coefficient (Wildman–Crippen LogP) is 2.12. The van der Waals surface area contributed by atoms with Crippen molar-refractivity contribution < 1.29 is 44.4 Å². The zero-order valence-corrected chi connectivity index (χ0v) is 21.5. The van der Waals surface area contributed by atoms with Gasteiger partial charge < -0.3 is 31.5 Å². The molecular formula is C21H40N2O9S. The lowest BCUT2D eigenvalue weighted by Crippen LogP contribution is -2.38. The minimum absolute atomic E-state index is 0.0903. The van der Waals surface area contributed by atoms with Crippen molar-refractivity contribution >= 4 is 41.5 Å². The minimum atomic E-state index is -1.07. The first-order chi connectivity index (χ1) is 14.6. The van der Waals surface area contributed by atoms with E-state index in [-0.39, 0.29) is 17.1 Å². The molecule has 0 heterocycles. The largest absolute Gasteiger partial charge is 0.481 e. The molecule has 0 aromatic heterocycles. The second-order valence-corrected chi connectivity index (χ2v) is 11.1. The molecule has 3 atom stereocenters. The number of aliphatic carboxylic acids is 4. The van der Waals surface area contributed by atoms with Crippen molar-refractivity contribution in [2.75, 3.05) is 5.75 Å². The summed E-state index contributed by atoms with van der Waals surface area (Å²) in [7, 11) is 0. The molecule has 1 amide bonds. The lowest BCUT2D eigenvalue weighted by atomic mass is 9.79. The number of amides is 1. The highest BCUT2D eigenvalue weighted by molar-refractivity contribution is 8.00. The second kappa shape index (κ2) is 16.3. The Labute approximate surface area is 199 Å². The number of carbonyl (C=O) groups excluding carboxylic acids is 1. The first-order valence-electron chi connectivity index (χ1n) is 10.2. The van der Waals surface area contributed by atoms with Gasteiger partial charge in [0.15, 0.2) is 0 Å². The van der Waals surface area contributed by atoms with Gasteiger partial charge in [0, 0.05) is 17.4 Å². The SMILES string of the molecule is CC(C)(C)C(CC(=O)O)C(=O)O.CC(C)(C)SCC(N)C(=O)O.CCC(NC(C)=O)C(=O)O. The fourth-order valence-electron chi connectivity index (χ4n) is 1.93. The summed E-state index contributed by atoms with van der Waals surface area (Å²) >= 11 is 1.56. The average Bonchev–Trinajstić information content (AvgIpc) is 2.60. The van der Waals surface area contributed by atoms with Crippen molar-refractivity contribution in [1.82, 2.24) is 5.32 Å². The molecule has 0 bridgehead atoms. The first kappa shape index (κ1) is 35.3. The van der Waals surface area contributed by atoms with Gasteiger partial charge in [0.2, 0.25) is 5.91 Å². The lowest BCUT2D eigenvalue weighted by Gasteiger charge is -2.25. The summed E-state index contributed by atoms with van der Waals surface area (Å²) in [4.78, 5) is 51.8. The van der Waals surface area contributed by atoms with E-state index in [1.807, 2.05) is 20.8 Å². The number of hydrogen-bond acceptors (Lipinski definition) is 7. The van der Waals surface area contributed by atoms with E-state index in [9.17, 15) is 24.0 Å². The van der Waals surface area contributed by atoms with Crippen LogP contribution in [0, 0.1) is 11.3 Å². The molecule has 11 nitrogen and oxygen atoms in total. The number of carboxylic acid groups (broad SMARTS) is 4. The molecule has 7 N–H and O–H groups in total. The second-order valence-electron chi connectivity index (χ2n) is 9.22. The van der Waals surface area contributed by atoms with Gasteiger partial charge in [-0.05, 0) is 11.8 Å². The van der Waals surface area contributed by atoms with Crippen molar-refractivity contribution in [3.63, 3.8) is 0 Å². The number of hydrogen-bond donors (Lipinski definition) is 6. The monoisotopic (exact) mass is 496 g/mol. The standard InChI is InChI=1S/C8H14O4.C7H15NO2S.C6H11NO3/c1-8(2,3)5(7(11)12)4-6(9)10;1-7(2,3)11-4-5(8)6(9)10;1-3-5(6(9)10)7-4(2)8/h5H,4H2,1-3H3,(H,9,10)(H,11,12);5H,4,8H2,1-3H3,(H,9,10);5H,3H2,1-2H3,(H,7,8)(H,9,10). The zero-order valence-electron chi connectivity index (χ0n) is 20.7. The number of nitrogens with two attached hydrogens (primary N) is 1. The topological polar surface area (TPSA) is 204 Å². The molecule has 0 aliphatic carbocycles. The maximum atomic E-state index is 10.6. The van der Waals surface area contributed by atoms with E-state index in [2.05, 4.69) is 5.32 Å². The van der Waals surface area contributed by atoms with Crippen molar-refractivity contribution in [2.24, 2.45) is 17.1 Å². The van der Waals surface area contributed by atoms with Gasteiger partial charge in [-0.15, -0.1) is 0 Å². The fraction of sp³-hybridized carbons (Fsp3) is 0.762. The fourth-order valence-corrected chi connectivity index (χ4v) is 2.76. The molecule has 12 heteroatoms. The van der Waals surface area contributed by atoms with E-state index >= 15 is 0 Å². The Kier molecular flexibility index (Phi) is 17.4. The van der Waals surface area contributed by atoms with Crippen molar-refractivity contribution in [2.45, 2.75) is 85.1 Å². The van der Waals surface area contributed by atoms with Gasteiger partial charge in [-0.3, -0.25) is 19.2 Å². The number of thioether (sulfide) groups is 1. The molecule has 0 fully saturated rings. The molecular weight excluding hydrogens is 456 g/mol. The number of nitrogens with one attached hydrogen (secondary N) is 1. The van der Waals surface area contributed by atoms with Gasteiger partial charge >= 0.3 is 23.9 Å². The first-order valence-corrected chi connectivity index (χ1v) is 11.2. The summed E-state index contributed by atoms with van der Waals surface area (Å²) < 4.78 is 0.0903.